The van der Waals surface area contributed by atoms with Gasteiger partial charge in [-0.25, -0.2) is 4.98 Å². The fraction of sp³-hybridized carbons (Fsp3) is 0.571. The zero-order valence-corrected chi connectivity index (χ0v) is 7.90. The van der Waals surface area contributed by atoms with Crippen molar-refractivity contribution in [3.63, 3.8) is 0 Å². The lowest BCUT2D eigenvalue weighted by atomic mass is 10.4. The van der Waals surface area contributed by atoms with Gasteiger partial charge in [-0.15, -0.1) is 0 Å². The Labute approximate surface area is 76.2 Å². The monoisotopic (exact) mass is 189 g/mol. The van der Waals surface area contributed by atoms with Crippen LogP contribution in [0, 0.1) is 0 Å². The van der Waals surface area contributed by atoms with Crippen molar-refractivity contribution in [2.75, 3.05) is 11.5 Å². The molecule has 62 valence electrons. The first-order chi connectivity index (χ1) is 5.43. The smallest absolute Gasteiger partial charge is 0.255 e. The summed E-state index contributed by atoms with van der Waals surface area (Å²) < 4.78 is 5.05. The van der Waals surface area contributed by atoms with Crippen molar-refractivity contribution in [2.24, 2.45) is 0 Å². The summed E-state index contributed by atoms with van der Waals surface area (Å²) in [4.78, 5) is 3.99. The summed E-state index contributed by atoms with van der Waals surface area (Å²) >= 11 is 5.78. The number of rotatable bonds is 5. The normalized spacial score (nSPS) is 10.3. The van der Waals surface area contributed by atoms with E-state index in [0.717, 1.165) is 23.1 Å². The first kappa shape index (κ1) is 9.00. The topological polar surface area (TPSA) is 26.0 Å². The molecule has 0 radical (unpaired) electrons. The number of oxazole rings is 1. The molecule has 0 unspecified atom stereocenters. The molecule has 0 spiro atoms. The molecule has 0 atom stereocenters. The lowest BCUT2D eigenvalue weighted by molar-refractivity contribution is 0.454. The van der Waals surface area contributed by atoms with Crippen LogP contribution in [-0.2, 0) is 0 Å². The van der Waals surface area contributed by atoms with Crippen LogP contribution >= 0.6 is 24.4 Å². The van der Waals surface area contributed by atoms with Crippen molar-refractivity contribution >= 4 is 24.4 Å². The summed E-state index contributed by atoms with van der Waals surface area (Å²) in [5.74, 6) is 2.03. The quantitative estimate of drug-likeness (QED) is 0.438. The number of thioether (sulfide) groups is 1. The third kappa shape index (κ3) is 3.72. The molecule has 1 aromatic rings. The van der Waals surface area contributed by atoms with Gasteiger partial charge in [0, 0.05) is 5.75 Å². The van der Waals surface area contributed by atoms with Crippen molar-refractivity contribution in [1.29, 1.82) is 0 Å². The van der Waals surface area contributed by atoms with Gasteiger partial charge in [-0.3, -0.25) is 0 Å². The molecular weight excluding hydrogens is 178 g/mol. The predicted octanol–water partition coefficient (Wildman–Crippen LogP) is 2.48. The van der Waals surface area contributed by atoms with Crippen LogP contribution in [0.1, 0.15) is 12.8 Å². The molecule has 0 saturated carbocycles. The van der Waals surface area contributed by atoms with Gasteiger partial charge in [-0.05, 0) is 18.6 Å². The largest absolute Gasteiger partial charge is 0.440 e. The zero-order valence-electron chi connectivity index (χ0n) is 6.19. The molecule has 0 bridgehead atoms. The molecule has 0 aliphatic rings. The summed E-state index contributed by atoms with van der Waals surface area (Å²) in [5, 5.41) is 0.768. The minimum atomic E-state index is 0.768. The van der Waals surface area contributed by atoms with Crippen LogP contribution in [-0.4, -0.2) is 16.5 Å². The van der Waals surface area contributed by atoms with E-state index in [1.165, 1.54) is 6.42 Å². The summed E-state index contributed by atoms with van der Waals surface area (Å²) in [6.07, 6.45) is 5.61. The first-order valence-electron chi connectivity index (χ1n) is 3.56. The minimum Gasteiger partial charge on any atom is -0.440 e. The van der Waals surface area contributed by atoms with Crippen molar-refractivity contribution in [2.45, 2.75) is 18.1 Å². The second kappa shape index (κ2) is 5.55. The second-order valence-corrected chi connectivity index (χ2v) is 3.57. The Balaban J connectivity index is 2.04. The van der Waals surface area contributed by atoms with Crippen molar-refractivity contribution in [3.05, 3.63) is 12.5 Å². The molecule has 0 N–H and O–H groups in total. The Morgan fingerprint density at radius 3 is 3.09 bits per heavy atom. The molecular formula is C7H11NOS2. The highest BCUT2D eigenvalue weighted by atomic mass is 32.2. The van der Waals surface area contributed by atoms with Crippen LogP contribution in [0.3, 0.4) is 0 Å². The molecule has 0 aliphatic carbocycles. The van der Waals surface area contributed by atoms with Crippen molar-refractivity contribution in [1.82, 2.24) is 4.98 Å². The van der Waals surface area contributed by atoms with E-state index in [2.05, 4.69) is 17.6 Å². The van der Waals surface area contributed by atoms with E-state index in [-0.39, 0.29) is 0 Å². The maximum atomic E-state index is 5.05. The van der Waals surface area contributed by atoms with Crippen LogP contribution in [0.4, 0.5) is 0 Å². The van der Waals surface area contributed by atoms with Gasteiger partial charge in [0.1, 0.15) is 6.26 Å². The fourth-order valence-corrected chi connectivity index (χ4v) is 1.66. The van der Waals surface area contributed by atoms with Crippen LogP contribution in [0.5, 0.6) is 0 Å². The Hall–Kier alpha value is -0.0900. The highest BCUT2D eigenvalue weighted by Gasteiger charge is 1.96. The van der Waals surface area contributed by atoms with E-state index in [0.29, 0.717) is 0 Å². The molecule has 11 heavy (non-hydrogen) atoms. The van der Waals surface area contributed by atoms with Gasteiger partial charge in [-0.1, -0.05) is 11.8 Å². The van der Waals surface area contributed by atoms with E-state index in [1.807, 2.05) is 0 Å². The van der Waals surface area contributed by atoms with E-state index in [1.54, 1.807) is 24.2 Å². The van der Waals surface area contributed by atoms with Crippen LogP contribution in [0.25, 0.3) is 0 Å². The highest BCUT2D eigenvalue weighted by Crippen LogP contribution is 2.16. The molecule has 0 amide bonds. The van der Waals surface area contributed by atoms with E-state index < -0.39 is 0 Å². The van der Waals surface area contributed by atoms with Gasteiger partial charge in [0.2, 0.25) is 0 Å². The SMILES string of the molecule is SCCCCSc1ncco1. The predicted molar refractivity (Wildman–Crippen MR) is 50.3 cm³/mol. The van der Waals surface area contributed by atoms with E-state index in [4.69, 9.17) is 4.42 Å². The van der Waals surface area contributed by atoms with Crippen LogP contribution in [0.15, 0.2) is 22.1 Å². The molecule has 1 aromatic heterocycles. The number of nitrogens with zero attached hydrogens (tertiary/aromatic N) is 1. The number of thiol groups is 1. The standard InChI is InChI=1S/C7H11NOS2/c10-5-1-2-6-11-7-8-3-4-9-7/h3-4,10H,1-2,5-6H2. The molecule has 0 aromatic carbocycles. The average molecular weight is 189 g/mol. The van der Waals surface area contributed by atoms with Crippen molar-refractivity contribution in [3.8, 4) is 0 Å². The summed E-state index contributed by atoms with van der Waals surface area (Å²) in [5.41, 5.74) is 0. The second-order valence-electron chi connectivity index (χ2n) is 2.08. The van der Waals surface area contributed by atoms with E-state index in [9.17, 15) is 0 Å². The summed E-state index contributed by atoms with van der Waals surface area (Å²) in [6.45, 7) is 0. The van der Waals surface area contributed by atoms with E-state index >= 15 is 0 Å². The molecule has 1 rings (SSSR count). The van der Waals surface area contributed by atoms with Crippen molar-refractivity contribution < 1.29 is 4.42 Å². The van der Waals surface area contributed by atoms with Gasteiger partial charge in [0.25, 0.3) is 5.22 Å². The lowest BCUT2D eigenvalue weighted by Gasteiger charge is -1.93. The minimum absolute atomic E-state index is 0.768. The van der Waals surface area contributed by atoms with Gasteiger partial charge in [0.15, 0.2) is 0 Å². The average Bonchev–Trinajstić information content (AvgIpc) is 2.50. The fourth-order valence-electron chi connectivity index (χ4n) is 0.655. The number of unbranched alkanes of at least 4 members (excludes halogenated alkanes) is 1. The first-order valence-corrected chi connectivity index (χ1v) is 5.18. The number of hydrogen-bond acceptors (Lipinski definition) is 4. The van der Waals surface area contributed by atoms with Gasteiger partial charge in [-0.2, -0.15) is 12.6 Å². The third-order valence-electron chi connectivity index (χ3n) is 1.19. The maximum Gasteiger partial charge on any atom is 0.255 e. The van der Waals surface area contributed by atoms with Gasteiger partial charge in [0.05, 0.1) is 6.20 Å². The summed E-state index contributed by atoms with van der Waals surface area (Å²) in [7, 11) is 0. The molecule has 1 heterocycles. The lowest BCUT2D eigenvalue weighted by Crippen LogP contribution is -1.81. The Morgan fingerprint density at radius 2 is 2.45 bits per heavy atom. The Morgan fingerprint density at radius 1 is 1.55 bits per heavy atom. The van der Waals surface area contributed by atoms with Gasteiger partial charge >= 0.3 is 0 Å². The Bertz CT molecular complexity index is 177. The van der Waals surface area contributed by atoms with Crippen LogP contribution < -0.4 is 0 Å². The highest BCUT2D eigenvalue weighted by molar-refractivity contribution is 7.99. The molecule has 0 saturated heterocycles. The number of hydrogen-bond donors (Lipinski definition) is 1. The third-order valence-corrected chi connectivity index (χ3v) is 2.45. The molecule has 0 aliphatic heterocycles. The summed E-state index contributed by atoms with van der Waals surface area (Å²) in [6, 6.07) is 0. The maximum absolute atomic E-state index is 5.05. The number of aromatic nitrogens is 1. The van der Waals surface area contributed by atoms with Crippen LogP contribution in [0.2, 0.25) is 0 Å². The Kier molecular flexibility index (Phi) is 4.54. The van der Waals surface area contributed by atoms with Gasteiger partial charge < -0.3 is 4.42 Å². The molecule has 4 heteroatoms. The molecule has 0 fully saturated rings. The zero-order chi connectivity index (χ0) is 7.94. The molecule has 2 nitrogen and oxygen atoms in total.